The first-order valence-electron chi connectivity index (χ1n) is 6.35. The molecule has 0 atom stereocenters. The number of nitrogens with one attached hydrogen (secondary N) is 1. The molecule has 0 amide bonds. The van der Waals surface area contributed by atoms with Gasteiger partial charge in [-0.1, -0.05) is 0 Å². The fourth-order valence-corrected chi connectivity index (χ4v) is 2.37. The Labute approximate surface area is 107 Å². The van der Waals surface area contributed by atoms with E-state index in [1.165, 1.54) is 0 Å². The zero-order valence-corrected chi connectivity index (χ0v) is 10.6. The molecule has 2 heterocycles. The van der Waals surface area contributed by atoms with Crippen LogP contribution in [0.4, 0.5) is 0 Å². The number of hydrogen-bond donors (Lipinski definition) is 1. The molecule has 0 unspecified atom stereocenters. The molecule has 1 aliphatic rings. The highest BCUT2D eigenvalue weighted by atomic mass is 16.5. The maximum atomic E-state index is 5.85. The monoisotopic (exact) mass is 246 g/mol. The van der Waals surface area contributed by atoms with Gasteiger partial charge in [0.25, 0.3) is 0 Å². The van der Waals surface area contributed by atoms with Crippen LogP contribution in [0.25, 0.3) is 11.0 Å². The van der Waals surface area contributed by atoms with Gasteiger partial charge in [0.15, 0.2) is 0 Å². The lowest BCUT2D eigenvalue weighted by atomic mass is 10.2. The highest BCUT2D eigenvalue weighted by molar-refractivity contribution is 5.79. The standard InChI is InChI=1S/C14H18N2O2/c1-17-12-2-3-14-11(8-12)9-13(18-14)10-16-6-4-15-5-7-16/h2-3,8-9,15H,4-7,10H2,1H3. The summed E-state index contributed by atoms with van der Waals surface area (Å²) in [6.07, 6.45) is 0. The van der Waals surface area contributed by atoms with Gasteiger partial charge in [-0.25, -0.2) is 0 Å². The van der Waals surface area contributed by atoms with Crippen molar-refractivity contribution in [3.8, 4) is 5.75 Å². The van der Waals surface area contributed by atoms with Crippen molar-refractivity contribution in [2.45, 2.75) is 6.54 Å². The first-order valence-corrected chi connectivity index (χ1v) is 6.35. The van der Waals surface area contributed by atoms with Gasteiger partial charge in [0, 0.05) is 31.6 Å². The van der Waals surface area contributed by atoms with Crippen molar-refractivity contribution in [1.29, 1.82) is 0 Å². The molecule has 4 heteroatoms. The Hall–Kier alpha value is -1.52. The van der Waals surface area contributed by atoms with E-state index in [0.29, 0.717) is 0 Å². The van der Waals surface area contributed by atoms with Gasteiger partial charge in [0.2, 0.25) is 0 Å². The molecule has 3 rings (SSSR count). The minimum atomic E-state index is 0.872. The number of fused-ring (bicyclic) bond motifs is 1. The van der Waals surface area contributed by atoms with Crippen LogP contribution in [0.1, 0.15) is 5.76 Å². The Morgan fingerprint density at radius 2 is 2.11 bits per heavy atom. The van der Waals surface area contributed by atoms with E-state index in [-0.39, 0.29) is 0 Å². The van der Waals surface area contributed by atoms with E-state index >= 15 is 0 Å². The molecule has 96 valence electrons. The minimum absolute atomic E-state index is 0.872. The fourth-order valence-electron chi connectivity index (χ4n) is 2.37. The second-order valence-electron chi connectivity index (χ2n) is 4.64. The van der Waals surface area contributed by atoms with E-state index in [4.69, 9.17) is 9.15 Å². The third kappa shape index (κ3) is 2.35. The molecule has 1 aromatic heterocycles. The lowest BCUT2D eigenvalue weighted by Crippen LogP contribution is -2.42. The first-order chi connectivity index (χ1) is 8.85. The molecule has 4 nitrogen and oxygen atoms in total. The maximum Gasteiger partial charge on any atom is 0.134 e. The smallest absolute Gasteiger partial charge is 0.134 e. The summed E-state index contributed by atoms with van der Waals surface area (Å²) in [5.74, 6) is 1.90. The summed E-state index contributed by atoms with van der Waals surface area (Å²) in [7, 11) is 1.68. The number of benzene rings is 1. The van der Waals surface area contributed by atoms with Gasteiger partial charge in [-0.3, -0.25) is 4.90 Å². The molecule has 18 heavy (non-hydrogen) atoms. The van der Waals surface area contributed by atoms with Crippen molar-refractivity contribution in [3.63, 3.8) is 0 Å². The predicted molar refractivity (Wildman–Crippen MR) is 70.9 cm³/mol. The number of hydrogen-bond acceptors (Lipinski definition) is 4. The molecule has 0 saturated carbocycles. The van der Waals surface area contributed by atoms with E-state index in [1.807, 2.05) is 18.2 Å². The molecule has 2 aromatic rings. The molecule has 0 aliphatic carbocycles. The van der Waals surface area contributed by atoms with Crippen LogP contribution >= 0.6 is 0 Å². The summed E-state index contributed by atoms with van der Waals surface area (Å²) in [6, 6.07) is 8.02. The van der Waals surface area contributed by atoms with E-state index in [9.17, 15) is 0 Å². The number of methoxy groups -OCH3 is 1. The van der Waals surface area contributed by atoms with E-state index in [2.05, 4.69) is 16.3 Å². The second-order valence-corrected chi connectivity index (χ2v) is 4.64. The quantitative estimate of drug-likeness (QED) is 0.897. The zero-order chi connectivity index (χ0) is 12.4. The van der Waals surface area contributed by atoms with Gasteiger partial charge in [0.05, 0.1) is 13.7 Å². The Kier molecular flexibility index (Phi) is 3.21. The molecule has 1 N–H and O–H groups in total. The van der Waals surface area contributed by atoms with Gasteiger partial charge in [-0.15, -0.1) is 0 Å². The second kappa shape index (κ2) is 5.00. The molecule has 1 saturated heterocycles. The Morgan fingerprint density at radius 3 is 2.89 bits per heavy atom. The van der Waals surface area contributed by atoms with Crippen LogP contribution in [-0.2, 0) is 6.54 Å². The topological polar surface area (TPSA) is 37.6 Å². The fraction of sp³-hybridized carbons (Fsp3) is 0.429. The Balaban J connectivity index is 1.79. The van der Waals surface area contributed by atoms with Crippen LogP contribution in [0.3, 0.4) is 0 Å². The highest BCUT2D eigenvalue weighted by Crippen LogP contribution is 2.24. The van der Waals surface area contributed by atoms with Crippen LogP contribution in [0, 0.1) is 0 Å². The van der Waals surface area contributed by atoms with Crippen molar-refractivity contribution >= 4 is 11.0 Å². The van der Waals surface area contributed by atoms with Crippen LogP contribution in [-0.4, -0.2) is 38.2 Å². The normalized spacial score (nSPS) is 17.2. The number of rotatable bonds is 3. The van der Waals surface area contributed by atoms with Gasteiger partial charge >= 0.3 is 0 Å². The van der Waals surface area contributed by atoms with Crippen LogP contribution < -0.4 is 10.1 Å². The van der Waals surface area contributed by atoms with Crippen LogP contribution in [0.15, 0.2) is 28.7 Å². The molecule has 1 fully saturated rings. The lowest BCUT2D eigenvalue weighted by Gasteiger charge is -2.26. The molecule has 1 aromatic carbocycles. The molecule has 1 aliphatic heterocycles. The first kappa shape index (κ1) is 11.6. The number of furan rings is 1. The zero-order valence-electron chi connectivity index (χ0n) is 10.6. The number of ether oxygens (including phenoxy) is 1. The SMILES string of the molecule is COc1ccc2oc(CN3CCNCC3)cc2c1. The van der Waals surface area contributed by atoms with Crippen molar-refractivity contribution in [1.82, 2.24) is 10.2 Å². The summed E-state index contributed by atoms with van der Waals surface area (Å²) >= 11 is 0. The largest absolute Gasteiger partial charge is 0.497 e. The average Bonchev–Trinajstić information content (AvgIpc) is 2.80. The molecule has 0 radical (unpaired) electrons. The molecule has 0 bridgehead atoms. The molecule has 0 spiro atoms. The third-order valence-corrected chi connectivity index (χ3v) is 3.36. The third-order valence-electron chi connectivity index (χ3n) is 3.36. The van der Waals surface area contributed by atoms with Crippen molar-refractivity contribution in [2.24, 2.45) is 0 Å². The van der Waals surface area contributed by atoms with Crippen molar-refractivity contribution < 1.29 is 9.15 Å². The van der Waals surface area contributed by atoms with Gasteiger partial charge in [-0.05, 0) is 24.3 Å². The van der Waals surface area contributed by atoms with E-state index in [1.54, 1.807) is 7.11 Å². The summed E-state index contributed by atoms with van der Waals surface area (Å²) in [5, 5.41) is 4.46. The number of piperazine rings is 1. The molecular formula is C14H18N2O2. The van der Waals surface area contributed by atoms with E-state index in [0.717, 1.165) is 55.2 Å². The average molecular weight is 246 g/mol. The lowest BCUT2D eigenvalue weighted by molar-refractivity contribution is 0.218. The van der Waals surface area contributed by atoms with E-state index < -0.39 is 0 Å². The molecular weight excluding hydrogens is 228 g/mol. The number of nitrogens with zero attached hydrogens (tertiary/aromatic N) is 1. The van der Waals surface area contributed by atoms with Crippen LogP contribution in [0.2, 0.25) is 0 Å². The predicted octanol–water partition coefficient (Wildman–Crippen LogP) is 1.85. The Bertz CT molecular complexity index is 530. The van der Waals surface area contributed by atoms with Gasteiger partial charge in [-0.2, -0.15) is 0 Å². The van der Waals surface area contributed by atoms with Crippen molar-refractivity contribution in [2.75, 3.05) is 33.3 Å². The summed E-state index contributed by atoms with van der Waals surface area (Å²) < 4.78 is 11.1. The van der Waals surface area contributed by atoms with Crippen LogP contribution in [0.5, 0.6) is 5.75 Å². The summed E-state index contributed by atoms with van der Waals surface area (Å²) in [6.45, 7) is 5.18. The minimum Gasteiger partial charge on any atom is -0.497 e. The maximum absolute atomic E-state index is 5.85. The van der Waals surface area contributed by atoms with Crippen molar-refractivity contribution in [3.05, 3.63) is 30.0 Å². The summed E-state index contributed by atoms with van der Waals surface area (Å²) in [5.41, 5.74) is 0.931. The Morgan fingerprint density at radius 1 is 1.28 bits per heavy atom. The van der Waals surface area contributed by atoms with Gasteiger partial charge in [0.1, 0.15) is 17.1 Å². The van der Waals surface area contributed by atoms with Gasteiger partial charge < -0.3 is 14.5 Å². The highest BCUT2D eigenvalue weighted by Gasteiger charge is 2.12. The summed E-state index contributed by atoms with van der Waals surface area (Å²) in [4.78, 5) is 2.41.